The maximum Gasteiger partial charge on any atom is 0.407 e. The van der Waals surface area contributed by atoms with Crippen LogP contribution in [0.2, 0.25) is 0 Å². The molecule has 0 bridgehead atoms. The van der Waals surface area contributed by atoms with Crippen LogP contribution in [-0.4, -0.2) is 18.2 Å². The average Bonchev–Trinajstić information content (AvgIpc) is 2.09. The monoisotopic (exact) mass is 157 g/mol. The molecular weight excluding hydrogens is 142 g/mol. The number of ether oxygens (including phenoxy) is 1. The number of cyclic esters (lactones) is 1. The number of alkyl carbamates (subject to hydrolysis) is 1. The minimum atomic E-state index is -0.275. The van der Waals surface area contributed by atoms with Crippen LogP contribution in [0, 0.1) is 5.92 Å². The van der Waals surface area contributed by atoms with Gasteiger partial charge < -0.3 is 10.1 Å². The minimum absolute atomic E-state index is 0.0718. The van der Waals surface area contributed by atoms with E-state index in [1.165, 1.54) is 0 Å². The van der Waals surface area contributed by atoms with E-state index in [9.17, 15) is 4.79 Å². The first-order valence-corrected chi connectivity index (χ1v) is 4.06. The molecule has 2 unspecified atom stereocenters. The Hall–Kier alpha value is -0.730. The van der Waals surface area contributed by atoms with Crippen LogP contribution < -0.4 is 5.32 Å². The molecule has 0 spiro atoms. The number of hydrogen-bond donors (Lipinski definition) is 1. The van der Waals surface area contributed by atoms with Crippen LogP contribution in [0.3, 0.4) is 0 Å². The summed E-state index contributed by atoms with van der Waals surface area (Å²) in [7, 11) is 0. The largest absolute Gasteiger partial charge is 0.444 e. The second-order valence-electron chi connectivity index (χ2n) is 3.51. The predicted molar refractivity (Wildman–Crippen MR) is 42.3 cm³/mol. The summed E-state index contributed by atoms with van der Waals surface area (Å²) in [6.45, 7) is 6.22. The smallest absolute Gasteiger partial charge is 0.407 e. The van der Waals surface area contributed by atoms with Gasteiger partial charge in [0, 0.05) is 0 Å². The van der Waals surface area contributed by atoms with Crippen LogP contribution in [-0.2, 0) is 4.74 Å². The molecule has 0 aromatic carbocycles. The van der Waals surface area contributed by atoms with Gasteiger partial charge in [-0.2, -0.15) is 0 Å². The third-order valence-corrected chi connectivity index (χ3v) is 1.87. The van der Waals surface area contributed by atoms with Crippen LogP contribution in [0.1, 0.15) is 27.2 Å². The van der Waals surface area contributed by atoms with Crippen LogP contribution in [0.5, 0.6) is 0 Å². The first-order chi connectivity index (χ1) is 5.09. The molecule has 1 aliphatic heterocycles. The summed E-state index contributed by atoms with van der Waals surface area (Å²) in [6, 6.07) is 0.171. The average molecular weight is 157 g/mol. The van der Waals surface area contributed by atoms with E-state index in [4.69, 9.17) is 4.74 Å². The number of carbonyl (C=O) groups is 1. The second kappa shape index (κ2) is 3.11. The predicted octanol–water partition coefficient (Wildman–Crippen LogP) is 1.53. The first-order valence-electron chi connectivity index (χ1n) is 4.06. The molecule has 3 nitrogen and oxygen atoms in total. The van der Waals surface area contributed by atoms with Crippen LogP contribution in [0.15, 0.2) is 0 Å². The van der Waals surface area contributed by atoms with Gasteiger partial charge in [0.15, 0.2) is 0 Å². The van der Waals surface area contributed by atoms with E-state index in [-0.39, 0.29) is 18.2 Å². The van der Waals surface area contributed by atoms with Gasteiger partial charge >= 0.3 is 6.09 Å². The van der Waals surface area contributed by atoms with E-state index in [1.54, 1.807) is 0 Å². The van der Waals surface area contributed by atoms with Gasteiger partial charge in [-0.15, -0.1) is 0 Å². The Bertz CT molecular complexity index is 156. The van der Waals surface area contributed by atoms with Crippen LogP contribution in [0.25, 0.3) is 0 Å². The maximum absolute atomic E-state index is 10.7. The lowest BCUT2D eigenvalue weighted by Gasteiger charge is -2.14. The molecule has 1 fully saturated rings. The highest BCUT2D eigenvalue weighted by atomic mass is 16.6. The van der Waals surface area contributed by atoms with Crippen LogP contribution >= 0.6 is 0 Å². The molecule has 11 heavy (non-hydrogen) atoms. The Morgan fingerprint density at radius 2 is 2.27 bits per heavy atom. The fraction of sp³-hybridized carbons (Fsp3) is 0.875. The molecule has 0 aromatic rings. The van der Waals surface area contributed by atoms with Crippen molar-refractivity contribution in [1.82, 2.24) is 5.32 Å². The zero-order chi connectivity index (χ0) is 8.43. The molecule has 2 atom stereocenters. The molecule has 1 amide bonds. The van der Waals surface area contributed by atoms with Gasteiger partial charge in [-0.05, 0) is 19.3 Å². The Kier molecular flexibility index (Phi) is 2.37. The molecule has 1 heterocycles. The van der Waals surface area contributed by atoms with Crippen molar-refractivity contribution in [2.75, 3.05) is 0 Å². The number of amides is 1. The lowest BCUT2D eigenvalue weighted by molar-refractivity contribution is 0.120. The lowest BCUT2D eigenvalue weighted by Crippen LogP contribution is -2.28. The molecule has 0 radical (unpaired) electrons. The summed E-state index contributed by atoms with van der Waals surface area (Å²) < 4.78 is 5.03. The molecule has 0 saturated carbocycles. The molecule has 1 rings (SSSR count). The third kappa shape index (κ3) is 2.10. The van der Waals surface area contributed by atoms with Crippen molar-refractivity contribution in [1.29, 1.82) is 0 Å². The summed E-state index contributed by atoms with van der Waals surface area (Å²) in [5.74, 6) is 0.579. The fourth-order valence-electron chi connectivity index (χ4n) is 1.27. The van der Waals surface area contributed by atoms with Gasteiger partial charge in [-0.3, -0.25) is 0 Å². The molecule has 0 aromatic heterocycles. The molecule has 0 aliphatic carbocycles. The Balaban J connectivity index is 2.40. The number of rotatable bonds is 2. The highest BCUT2D eigenvalue weighted by molar-refractivity contribution is 5.70. The normalized spacial score (nSPS) is 30.4. The molecule has 64 valence electrons. The van der Waals surface area contributed by atoms with Crippen molar-refractivity contribution < 1.29 is 9.53 Å². The number of carbonyl (C=O) groups excluding carboxylic acids is 1. The van der Waals surface area contributed by atoms with Gasteiger partial charge in [0.25, 0.3) is 0 Å². The fourth-order valence-corrected chi connectivity index (χ4v) is 1.27. The minimum Gasteiger partial charge on any atom is -0.444 e. The Morgan fingerprint density at radius 3 is 2.64 bits per heavy atom. The quantitative estimate of drug-likeness (QED) is 0.660. The van der Waals surface area contributed by atoms with Crippen LogP contribution in [0.4, 0.5) is 4.79 Å². The topological polar surface area (TPSA) is 38.3 Å². The SMILES string of the molecule is CC(C)CC1OC(=O)NC1C. The second-order valence-corrected chi connectivity index (χ2v) is 3.51. The van der Waals surface area contributed by atoms with E-state index < -0.39 is 0 Å². The highest BCUT2D eigenvalue weighted by Gasteiger charge is 2.30. The van der Waals surface area contributed by atoms with Gasteiger partial charge in [-0.25, -0.2) is 4.79 Å². The summed E-state index contributed by atoms with van der Waals surface area (Å²) in [4.78, 5) is 10.7. The number of hydrogen-bond acceptors (Lipinski definition) is 2. The maximum atomic E-state index is 10.7. The van der Waals surface area contributed by atoms with Crippen molar-refractivity contribution in [3.8, 4) is 0 Å². The molecule has 1 N–H and O–H groups in total. The third-order valence-electron chi connectivity index (χ3n) is 1.87. The Morgan fingerprint density at radius 1 is 1.64 bits per heavy atom. The highest BCUT2D eigenvalue weighted by Crippen LogP contribution is 2.16. The summed E-state index contributed by atoms with van der Waals surface area (Å²) in [5, 5.41) is 2.71. The van der Waals surface area contributed by atoms with E-state index in [0.717, 1.165) is 6.42 Å². The van der Waals surface area contributed by atoms with Gasteiger partial charge in [0.2, 0.25) is 0 Å². The summed E-state index contributed by atoms with van der Waals surface area (Å²) >= 11 is 0. The van der Waals surface area contributed by atoms with Crippen molar-refractivity contribution in [2.24, 2.45) is 5.92 Å². The zero-order valence-electron chi connectivity index (χ0n) is 7.26. The molecular formula is C8H15NO2. The lowest BCUT2D eigenvalue weighted by atomic mass is 10.0. The zero-order valence-corrected chi connectivity index (χ0v) is 7.26. The van der Waals surface area contributed by atoms with Crippen molar-refractivity contribution in [2.45, 2.75) is 39.3 Å². The Labute approximate surface area is 67.1 Å². The molecule has 1 aliphatic rings. The van der Waals surface area contributed by atoms with E-state index in [1.807, 2.05) is 6.92 Å². The van der Waals surface area contributed by atoms with Crippen molar-refractivity contribution in [3.05, 3.63) is 0 Å². The van der Waals surface area contributed by atoms with E-state index in [2.05, 4.69) is 19.2 Å². The van der Waals surface area contributed by atoms with Crippen molar-refractivity contribution in [3.63, 3.8) is 0 Å². The summed E-state index contributed by atoms with van der Waals surface area (Å²) in [5.41, 5.74) is 0. The number of nitrogens with one attached hydrogen (secondary N) is 1. The standard InChI is InChI=1S/C8H15NO2/c1-5(2)4-7-6(3)9-8(10)11-7/h5-7H,4H2,1-3H3,(H,9,10). The van der Waals surface area contributed by atoms with Gasteiger partial charge in [0.05, 0.1) is 6.04 Å². The van der Waals surface area contributed by atoms with Gasteiger partial charge in [-0.1, -0.05) is 13.8 Å². The molecule has 3 heteroatoms. The van der Waals surface area contributed by atoms with Crippen molar-refractivity contribution >= 4 is 6.09 Å². The van der Waals surface area contributed by atoms with Gasteiger partial charge in [0.1, 0.15) is 6.10 Å². The first kappa shape index (κ1) is 8.37. The molecule has 1 saturated heterocycles. The van der Waals surface area contributed by atoms with E-state index in [0.29, 0.717) is 5.92 Å². The summed E-state index contributed by atoms with van der Waals surface area (Å²) in [6.07, 6.45) is 0.741. The van der Waals surface area contributed by atoms with E-state index >= 15 is 0 Å².